The Morgan fingerprint density at radius 2 is 0.758 bits per heavy atom. The van der Waals surface area contributed by atoms with Crippen molar-refractivity contribution in [3.05, 3.63) is 131 Å². The molecule has 0 bridgehead atoms. The van der Waals surface area contributed by atoms with Crippen LogP contribution in [0.2, 0.25) is 0 Å². The number of amides is 6. The molecule has 9 rings (SSSR count). The van der Waals surface area contributed by atoms with Crippen LogP contribution in [0.25, 0.3) is 43.1 Å². The van der Waals surface area contributed by atoms with Crippen LogP contribution in [-0.2, 0) is 9.47 Å². The minimum atomic E-state index is -0.725. The molecule has 0 radical (unpaired) electrons. The van der Waals surface area contributed by atoms with E-state index >= 15 is 0 Å². The molecule has 2 N–H and O–H groups in total. The average Bonchev–Trinajstić information content (AvgIpc) is 3.25. The van der Waals surface area contributed by atoms with Gasteiger partial charge in [-0.05, 0) is 106 Å². The molecule has 0 saturated heterocycles. The van der Waals surface area contributed by atoms with Crippen LogP contribution in [-0.4, -0.2) is 70.9 Å². The van der Waals surface area contributed by atoms with Crippen molar-refractivity contribution in [2.45, 2.75) is 52.6 Å². The summed E-state index contributed by atoms with van der Waals surface area (Å²) in [6.45, 7) is 7.55. The maximum atomic E-state index is 14.5. The Kier molecular flexibility index (Phi) is 10.3. The molecule has 0 spiro atoms. The Morgan fingerprint density at radius 3 is 1.05 bits per heavy atom. The van der Waals surface area contributed by atoms with Gasteiger partial charge in [-0.3, -0.25) is 39.6 Å². The van der Waals surface area contributed by atoms with E-state index in [1.807, 2.05) is 64.1 Å². The summed E-state index contributed by atoms with van der Waals surface area (Å²) in [7, 11) is 0. The summed E-state index contributed by atoms with van der Waals surface area (Å²) < 4.78 is 11.2. The molecule has 2 aliphatic heterocycles. The standard InChI is InChI=1S/C50H44N4O8/c1-27(2)23-31(25-61-49(59)51-29-11-7-5-8-12-29)53-45(55)37-19-15-33-35-17-21-39-44-40(22-18-36(42(35)44)34-16-20-38(46(53)56)43(37)41(33)34)48(58)54(47(39)57)32(24-28(3)4)26-62-50(60)52-30-13-9-6-10-14-30/h5-22,27-28,31-32H,23-26H2,1-4H3,(H,51,59)(H,52,60)/t31-,32-/m1/s1. The number of anilines is 2. The van der Waals surface area contributed by atoms with E-state index in [9.17, 15) is 28.8 Å². The summed E-state index contributed by atoms with van der Waals surface area (Å²) in [5.41, 5.74) is 2.53. The van der Waals surface area contributed by atoms with Gasteiger partial charge in [-0.2, -0.15) is 0 Å². The lowest BCUT2D eigenvalue weighted by atomic mass is 9.81. The lowest BCUT2D eigenvalue weighted by Gasteiger charge is -2.35. The fraction of sp³-hybridized carbons (Fsp3) is 0.240. The first-order valence-electron chi connectivity index (χ1n) is 20.8. The number of carbonyl (C=O) groups excluding carboxylic acids is 6. The van der Waals surface area contributed by atoms with Gasteiger partial charge in [0, 0.05) is 44.4 Å². The smallest absolute Gasteiger partial charge is 0.411 e. The largest absolute Gasteiger partial charge is 0.447 e. The highest BCUT2D eigenvalue weighted by molar-refractivity contribution is 6.41. The number of ether oxygens (including phenoxy) is 2. The highest BCUT2D eigenvalue weighted by atomic mass is 16.6. The second kappa shape index (κ2) is 15.9. The number of para-hydroxylation sites is 2. The van der Waals surface area contributed by atoms with Crippen molar-refractivity contribution >= 4 is 90.3 Å². The first kappa shape index (κ1) is 40.1. The van der Waals surface area contributed by atoms with Gasteiger partial charge in [-0.25, -0.2) is 9.59 Å². The van der Waals surface area contributed by atoms with Crippen LogP contribution in [0.4, 0.5) is 21.0 Å². The molecule has 2 heterocycles. The Balaban J connectivity index is 1.07. The lowest BCUT2D eigenvalue weighted by Crippen LogP contribution is -2.50. The van der Waals surface area contributed by atoms with Crippen molar-refractivity contribution in [1.82, 2.24) is 9.80 Å². The minimum Gasteiger partial charge on any atom is -0.447 e. The highest BCUT2D eigenvalue weighted by Crippen LogP contribution is 2.47. The summed E-state index contributed by atoms with van der Waals surface area (Å²) in [5.74, 6) is -1.77. The van der Waals surface area contributed by atoms with Crippen molar-refractivity contribution in [2.24, 2.45) is 11.8 Å². The van der Waals surface area contributed by atoms with E-state index < -0.39 is 47.9 Å². The SMILES string of the molecule is CC(C)C[C@H](COC(=O)Nc1ccccc1)N1C(=O)c2ccc3c4ccc5c6c(ccc(c7ccc(c2c37)C1=O)c64)C(=O)N([C@@H](COC(=O)Nc1ccccc1)CC(C)C)C5=O. The van der Waals surface area contributed by atoms with Gasteiger partial charge in [-0.1, -0.05) is 88.4 Å². The molecule has 0 unspecified atom stereocenters. The zero-order valence-corrected chi connectivity index (χ0v) is 34.7. The molecule has 0 aromatic heterocycles. The molecule has 7 aromatic rings. The molecule has 0 aliphatic carbocycles. The highest BCUT2D eigenvalue weighted by Gasteiger charge is 2.41. The predicted molar refractivity (Wildman–Crippen MR) is 238 cm³/mol. The zero-order valence-electron chi connectivity index (χ0n) is 34.7. The second-order valence-electron chi connectivity index (χ2n) is 16.8. The van der Waals surface area contributed by atoms with Gasteiger partial charge in [0.2, 0.25) is 0 Å². The number of rotatable bonds is 12. The topological polar surface area (TPSA) is 151 Å². The van der Waals surface area contributed by atoms with Gasteiger partial charge in [0.05, 0.1) is 12.1 Å². The number of carbonyl (C=O) groups is 6. The number of fused-ring (bicyclic) bond motifs is 2. The van der Waals surface area contributed by atoms with E-state index in [2.05, 4.69) is 10.6 Å². The molecule has 12 nitrogen and oxygen atoms in total. The van der Waals surface area contributed by atoms with Crippen molar-refractivity contribution in [3.8, 4) is 0 Å². The van der Waals surface area contributed by atoms with E-state index in [1.165, 1.54) is 9.80 Å². The van der Waals surface area contributed by atoms with Crippen LogP contribution in [0.1, 0.15) is 82.0 Å². The number of hydrogen-bond donors (Lipinski definition) is 2. The Bertz CT molecular complexity index is 2640. The predicted octanol–water partition coefficient (Wildman–Crippen LogP) is 10.3. The fourth-order valence-corrected chi connectivity index (χ4v) is 9.25. The Labute approximate surface area is 357 Å². The first-order valence-corrected chi connectivity index (χ1v) is 20.8. The van der Waals surface area contributed by atoms with Crippen molar-refractivity contribution in [1.29, 1.82) is 0 Å². The number of nitrogens with zero attached hydrogens (tertiary/aromatic N) is 2. The van der Waals surface area contributed by atoms with Crippen LogP contribution in [0, 0.1) is 11.8 Å². The number of imide groups is 2. The zero-order chi connectivity index (χ0) is 43.4. The van der Waals surface area contributed by atoms with Gasteiger partial charge >= 0.3 is 12.2 Å². The van der Waals surface area contributed by atoms with Crippen LogP contribution in [0.15, 0.2) is 109 Å². The molecule has 0 saturated carbocycles. The molecule has 312 valence electrons. The maximum absolute atomic E-state index is 14.5. The molecular formula is C50H44N4O8. The molecule has 7 aromatic carbocycles. The minimum absolute atomic E-state index is 0.0726. The number of benzene rings is 7. The fourth-order valence-electron chi connectivity index (χ4n) is 9.25. The van der Waals surface area contributed by atoms with E-state index in [0.29, 0.717) is 57.2 Å². The molecule has 2 aliphatic rings. The summed E-state index contributed by atoms with van der Waals surface area (Å²) in [6, 6.07) is 30.6. The van der Waals surface area contributed by atoms with Crippen LogP contribution >= 0.6 is 0 Å². The van der Waals surface area contributed by atoms with E-state index in [0.717, 1.165) is 32.3 Å². The molecule has 62 heavy (non-hydrogen) atoms. The molecular weight excluding hydrogens is 785 g/mol. The van der Waals surface area contributed by atoms with Gasteiger partial charge in [0.25, 0.3) is 23.6 Å². The van der Waals surface area contributed by atoms with E-state index in [4.69, 9.17) is 9.47 Å². The van der Waals surface area contributed by atoms with E-state index in [-0.39, 0.29) is 25.0 Å². The van der Waals surface area contributed by atoms with Gasteiger partial charge in [0.15, 0.2) is 0 Å². The molecule has 12 heteroatoms. The van der Waals surface area contributed by atoms with Gasteiger partial charge in [-0.15, -0.1) is 0 Å². The van der Waals surface area contributed by atoms with E-state index in [1.54, 1.807) is 72.8 Å². The Hall–Kier alpha value is -7.34. The number of hydrogen-bond acceptors (Lipinski definition) is 8. The second-order valence-corrected chi connectivity index (χ2v) is 16.8. The third-order valence-electron chi connectivity index (χ3n) is 11.8. The molecule has 0 fully saturated rings. The number of nitrogens with one attached hydrogen (secondary N) is 2. The van der Waals surface area contributed by atoms with Gasteiger partial charge < -0.3 is 9.47 Å². The third-order valence-corrected chi connectivity index (χ3v) is 11.8. The monoisotopic (exact) mass is 828 g/mol. The third kappa shape index (κ3) is 6.91. The summed E-state index contributed by atoms with van der Waals surface area (Å²) >= 11 is 0. The summed E-state index contributed by atoms with van der Waals surface area (Å²) in [4.78, 5) is 86.1. The average molecular weight is 829 g/mol. The summed E-state index contributed by atoms with van der Waals surface area (Å²) in [6.07, 6.45) is -0.560. The van der Waals surface area contributed by atoms with Crippen molar-refractivity contribution in [3.63, 3.8) is 0 Å². The Morgan fingerprint density at radius 1 is 0.452 bits per heavy atom. The van der Waals surface area contributed by atoms with Crippen LogP contribution in [0.3, 0.4) is 0 Å². The first-order chi connectivity index (χ1) is 29.9. The quantitative estimate of drug-likeness (QED) is 0.0702. The van der Waals surface area contributed by atoms with Crippen molar-refractivity contribution < 1.29 is 38.2 Å². The normalized spacial score (nSPS) is 14.7. The van der Waals surface area contributed by atoms with Crippen molar-refractivity contribution in [2.75, 3.05) is 23.8 Å². The maximum Gasteiger partial charge on any atom is 0.411 e. The lowest BCUT2D eigenvalue weighted by molar-refractivity contribution is 0.0411. The van der Waals surface area contributed by atoms with Crippen LogP contribution < -0.4 is 10.6 Å². The van der Waals surface area contributed by atoms with Gasteiger partial charge in [0.1, 0.15) is 13.2 Å². The summed E-state index contributed by atoms with van der Waals surface area (Å²) in [5, 5.41) is 11.0. The molecule has 6 amide bonds. The van der Waals surface area contributed by atoms with Crippen LogP contribution in [0.5, 0.6) is 0 Å². The molecule has 2 atom stereocenters.